The Hall–Kier alpha value is -2.35. The molecule has 1 heterocycles. The first kappa shape index (κ1) is 17.7. The van der Waals surface area contributed by atoms with Gasteiger partial charge in [0, 0.05) is 37.7 Å². The Balaban J connectivity index is 0.00000242. The van der Waals surface area contributed by atoms with E-state index in [4.69, 9.17) is 0 Å². The van der Waals surface area contributed by atoms with Crippen LogP contribution >= 0.6 is 12.4 Å². The molecule has 0 atom stereocenters. The van der Waals surface area contributed by atoms with Gasteiger partial charge in [0.1, 0.15) is 0 Å². The molecule has 2 rings (SSSR count). The molecule has 8 nitrogen and oxygen atoms in total. The number of carbonyl (C=O) groups excluding carboxylic acids is 1. The van der Waals surface area contributed by atoms with E-state index in [-0.39, 0.29) is 30.2 Å². The smallest absolute Gasteiger partial charge is 0.315 e. The summed E-state index contributed by atoms with van der Waals surface area (Å²) in [6.07, 6.45) is 2.76. The van der Waals surface area contributed by atoms with Crippen molar-refractivity contribution in [2.24, 2.45) is 4.99 Å². The van der Waals surface area contributed by atoms with Crippen molar-refractivity contribution >= 4 is 30.2 Å². The molecular formula is C13H16ClN3O5. The van der Waals surface area contributed by atoms with E-state index in [2.05, 4.69) is 4.99 Å². The molecule has 0 saturated heterocycles. The van der Waals surface area contributed by atoms with E-state index in [0.29, 0.717) is 6.54 Å². The Bertz CT molecular complexity index is 606. The van der Waals surface area contributed by atoms with Crippen LogP contribution in [0.3, 0.4) is 0 Å². The summed E-state index contributed by atoms with van der Waals surface area (Å²) in [6, 6.07) is 2.01. The summed E-state index contributed by atoms with van der Waals surface area (Å²) >= 11 is 0. The average Bonchev–Trinajstić information content (AvgIpc) is 2.48. The molecule has 0 unspecified atom stereocenters. The molecule has 0 bridgehead atoms. The summed E-state index contributed by atoms with van der Waals surface area (Å²) in [6.45, 7) is 2.05. The standard InChI is InChI=1S/C13H15N3O5.ClH/c17-11(2-5-15-4-1-3-14-8-15)9-6-10(16(20)21)13(19)12(18)7-9;/h6-8,18-19H,1-5H2;1H. The van der Waals surface area contributed by atoms with Gasteiger partial charge < -0.3 is 15.1 Å². The Kier molecular flexibility index (Phi) is 6.11. The van der Waals surface area contributed by atoms with Crippen molar-refractivity contribution in [2.45, 2.75) is 12.8 Å². The van der Waals surface area contributed by atoms with Crippen molar-refractivity contribution in [1.29, 1.82) is 0 Å². The molecule has 0 aliphatic carbocycles. The molecule has 0 amide bonds. The van der Waals surface area contributed by atoms with Crippen LogP contribution in [0.25, 0.3) is 0 Å². The number of hydrogen-bond acceptors (Lipinski definition) is 7. The Labute approximate surface area is 132 Å². The van der Waals surface area contributed by atoms with Crippen molar-refractivity contribution in [2.75, 3.05) is 19.6 Å². The van der Waals surface area contributed by atoms with Crippen molar-refractivity contribution in [3.8, 4) is 11.5 Å². The molecule has 9 heteroatoms. The predicted molar refractivity (Wildman–Crippen MR) is 82.2 cm³/mol. The summed E-state index contributed by atoms with van der Waals surface area (Å²) in [5.74, 6) is -1.85. The molecule has 1 aliphatic heterocycles. The number of benzene rings is 1. The van der Waals surface area contributed by atoms with Gasteiger partial charge in [-0.3, -0.25) is 19.9 Å². The lowest BCUT2D eigenvalue weighted by Crippen LogP contribution is -2.29. The molecule has 0 saturated carbocycles. The van der Waals surface area contributed by atoms with E-state index in [1.54, 1.807) is 6.34 Å². The van der Waals surface area contributed by atoms with Crippen LogP contribution in [0.15, 0.2) is 17.1 Å². The van der Waals surface area contributed by atoms with Crippen molar-refractivity contribution < 1.29 is 19.9 Å². The van der Waals surface area contributed by atoms with Gasteiger partial charge >= 0.3 is 5.69 Å². The minimum atomic E-state index is -0.844. The highest BCUT2D eigenvalue weighted by atomic mass is 35.5. The maximum Gasteiger partial charge on any atom is 0.315 e. The van der Waals surface area contributed by atoms with Gasteiger partial charge in [-0.05, 0) is 12.5 Å². The molecule has 0 radical (unpaired) electrons. The summed E-state index contributed by atoms with van der Waals surface area (Å²) < 4.78 is 0. The Morgan fingerprint density at radius 2 is 2.14 bits per heavy atom. The van der Waals surface area contributed by atoms with Crippen LogP contribution in [-0.4, -0.2) is 51.8 Å². The third-order valence-corrected chi connectivity index (χ3v) is 3.19. The van der Waals surface area contributed by atoms with E-state index >= 15 is 0 Å². The lowest BCUT2D eigenvalue weighted by Gasteiger charge is -2.21. The van der Waals surface area contributed by atoms with Crippen LogP contribution in [0, 0.1) is 10.1 Å². The Morgan fingerprint density at radius 3 is 2.73 bits per heavy atom. The van der Waals surface area contributed by atoms with E-state index in [1.165, 1.54) is 0 Å². The van der Waals surface area contributed by atoms with Crippen LogP contribution in [0.4, 0.5) is 5.69 Å². The summed E-state index contributed by atoms with van der Waals surface area (Å²) in [5.41, 5.74) is -0.677. The molecule has 1 aromatic rings. The van der Waals surface area contributed by atoms with Gasteiger partial charge in [0.15, 0.2) is 11.5 Å². The third-order valence-electron chi connectivity index (χ3n) is 3.19. The lowest BCUT2D eigenvalue weighted by molar-refractivity contribution is -0.386. The zero-order chi connectivity index (χ0) is 15.4. The van der Waals surface area contributed by atoms with E-state index in [0.717, 1.165) is 31.6 Å². The number of nitrogens with zero attached hydrogens (tertiary/aromatic N) is 3. The normalized spacial score (nSPS) is 13.5. The minimum absolute atomic E-state index is 0. The quantitative estimate of drug-likeness (QED) is 0.368. The fraction of sp³-hybridized carbons (Fsp3) is 0.385. The van der Waals surface area contributed by atoms with Crippen LogP contribution < -0.4 is 0 Å². The van der Waals surface area contributed by atoms with Gasteiger partial charge in [-0.2, -0.15) is 0 Å². The first-order chi connectivity index (χ1) is 9.99. The number of Topliss-reactive ketones (excluding diaryl/α,β-unsaturated/α-hetero) is 1. The van der Waals surface area contributed by atoms with Crippen molar-refractivity contribution in [3.63, 3.8) is 0 Å². The molecule has 2 N–H and O–H groups in total. The molecule has 0 spiro atoms. The highest BCUT2D eigenvalue weighted by Gasteiger charge is 2.21. The zero-order valence-corrected chi connectivity index (χ0v) is 12.5. The van der Waals surface area contributed by atoms with Gasteiger partial charge in [0.2, 0.25) is 5.75 Å². The topological polar surface area (TPSA) is 116 Å². The Morgan fingerprint density at radius 1 is 1.41 bits per heavy atom. The molecule has 1 aliphatic rings. The van der Waals surface area contributed by atoms with Crippen LogP contribution in [0.2, 0.25) is 0 Å². The van der Waals surface area contributed by atoms with E-state index in [1.807, 2.05) is 4.90 Å². The summed E-state index contributed by atoms with van der Waals surface area (Å²) in [7, 11) is 0. The lowest BCUT2D eigenvalue weighted by atomic mass is 10.1. The fourth-order valence-electron chi connectivity index (χ4n) is 2.06. The highest BCUT2D eigenvalue weighted by molar-refractivity contribution is 5.97. The number of ketones is 1. The second-order valence-electron chi connectivity index (χ2n) is 4.70. The number of aromatic hydroxyl groups is 2. The first-order valence-corrected chi connectivity index (χ1v) is 6.46. The third kappa shape index (κ3) is 4.08. The maximum atomic E-state index is 12.0. The van der Waals surface area contributed by atoms with Gasteiger partial charge in [0.25, 0.3) is 0 Å². The van der Waals surface area contributed by atoms with Crippen molar-refractivity contribution in [1.82, 2.24) is 4.90 Å². The highest BCUT2D eigenvalue weighted by Crippen LogP contribution is 2.36. The molecular weight excluding hydrogens is 314 g/mol. The SMILES string of the molecule is Cl.O=C(CCN1C=NCCC1)c1cc(O)c(O)c([N+](=O)[O-])c1. The number of phenolic OH excluding ortho intramolecular Hbond substituents is 2. The van der Waals surface area contributed by atoms with E-state index in [9.17, 15) is 25.1 Å². The number of hydrogen-bond donors (Lipinski definition) is 2. The molecule has 1 aromatic carbocycles. The first-order valence-electron chi connectivity index (χ1n) is 6.46. The molecule has 120 valence electrons. The summed E-state index contributed by atoms with van der Waals surface area (Å²) in [5, 5.41) is 29.6. The molecule has 0 fully saturated rings. The number of phenols is 2. The van der Waals surface area contributed by atoms with E-state index < -0.39 is 22.1 Å². The summed E-state index contributed by atoms with van der Waals surface area (Å²) in [4.78, 5) is 27.9. The van der Waals surface area contributed by atoms with Crippen LogP contribution in [0.5, 0.6) is 11.5 Å². The predicted octanol–water partition coefficient (Wildman–Crippen LogP) is 1.73. The second-order valence-corrected chi connectivity index (χ2v) is 4.70. The van der Waals surface area contributed by atoms with Crippen molar-refractivity contribution in [3.05, 3.63) is 27.8 Å². The number of nitro benzene ring substituents is 1. The maximum absolute atomic E-state index is 12.0. The second kappa shape index (κ2) is 7.60. The average molecular weight is 330 g/mol. The van der Waals surface area contributed by atoms with Crippen LogP contribution in [0.1, 0.15) is 23.2 Å². The number of halogens is 1. The van der Waals surface area contributed by atoms with Crippen LogP contribution in [-0.2, 0) is 0 Å². The largest absolute Gasteiger partial charge is 0.504 e. The van der Waals surface area contributed by atoms with Gasteiger partial charge in [0.05, 0.1) is 11.3 Å². The minimum Gasteiger partial charge on any atom is -0.504 e. The number of nitro groups is 1. The van der Waals surface area contributed by atoms with Gasteiger partial charge in [-0.1, -0.05) is 0 Å². The fourth-order valence-corrected chi connectivity index (χ4v) is 2.06. The number of aliphatic imine (C=N–C) groups is 1. The van der Waals surface area contributed by atoms with Gasteiger partial charge in [-0.15, -0.1) is 12.4 Å². The van der Waals surface area contributed by atoms with Gasteiger partial charge in [-0.25, -0.2) is 0 Å². The number of carbonyl (C=O) groups is 1. The number of rotatable bonds is 5. The zero-order valence-electron chi connectivity index (χ0n) is 11.6. The molecule has 0 aromatic heterocycles. The molecule has 22 heavy (non-hydrogen) atoms. The monoisotopic (exact) mass is 329 g/mol.